The molecule has 0 spiro atoms. The van der Waals surface area contributed by atoms with Crippen LogP contribution >= 0.6 is 0 Å². The fourth-order valence-corrected chi connectivity index (χ4v) is 3.73. The molecule has 0 atom stereocenters. The quantitative estimate of drug-likeness (QED) is 0.413. The number of para-hydroxylation sites is 1. The first-order chi connectivity index (χ1) is 15.3. The maximum Gasteiger partial charge on any atom is 0.129 e. The molecule has 6 heteroatoms. The summed E-state index contributed by atoms with van der Waals surface area (Å²) < 4.78 is 0. The molecule has 0 aliphatic heterocycles. The largest absolute Gasteiger partial charge is 0.370 e. The summed E-state index contributed by atoms with van der Waals surface area (Å²) in [4.78, 5) is 21.0. The standard InChI is InChI=1S/C25H22N6/c1-17-7-8-19(15-29-17)23-14-24(31-16-30-23)27-12-9-18-4-2-5-21-20(10-13-28-25(18)21)22-6-3-11-26-22/h2-8,10-11,13-16,26H,9,12H2,1H3,(H,27,30,31). The van der Waals surface area contributed by atoms with Gasteiger partial charge in [-0.05, 0) is 49.2 Å². The Balaban J connectivity index is 1.34. The molecule has 0 bridgehead atoms. The van der Waals surface area contributed by atoms with Crippen LogP contribution in [0.3, 0.4) is 0 Å². The molecule has 5 rings (SSSR count). The monoisotopic (exact) mass is 406 g/mol. The molecule has 0 saturated carbocycles. The van der Waals surface area contributed by atoms with Crippen LogP contribution in [0, 0.1) is 6.92 Å². The van der Waals surface area contributed by atoms with Crippen LogP contribution in [0.15, 0.2) is 79.5 Å². The summed E-state index contributed by atoms with van der Waals surface area (Å²) in [6.45, 7) is 2.72. The fourth-order valence-electron chi connectivity index (χ4n) is 3.73. The highest BCUT2D eigenvalue weighted by Crippen LogP contribution is 2.28. The number of nitrogens with zero attached hydrogens (tertiary/aromatic N) is 4. The molecular weight excluding hydrogens is 384 g/mol. The Bertz CT molecular complexity index is 1310. The van der Waals surface area contributed by atoms with Crippen LogP contribution in [-0.4, -0.2) is 31.5 Å². The molecular formula is C25H22N6. The van der Waals surface area contributed by atoms with Crippen molar-refractivity contribution >= 4 is 16.7 Å². The van der Waals surface area contributed by atoms with E-state index in [0.29, 0.717) is 0 Å². The van der Waals surface area contributed by atoms with Gasteiger partial charge in [0, 0.05) is 59.1 Å². The Labute approximate surface area is 180 Å². The molecule has 5 aromatic rings. The number of nitrogens with one attached hydrogen (secondary N) is 2. The third-order valence-electron chi connectivity index (χ3n) is 5.32. The lowest BCUT2D eigenvalue weighted by molar-refractivity contribution is 1.00. The van der Waals surface area contributed by atoms with Crippen molar-refractivity contribution in [2.45, 2.75) is 13.3 Å². The molecule has 0 amide bonds. The van der Waals surface area contributed by atoms with E-state index in [9.17, 15) is 0 Å². The van der Waals surface area contributed by atoms with Crippen molar-refractivity contribution in [1.29, 1.82) is 0 Å². The van der Waals surface area contributed by atoms with Crippen molar-refractivity contribution in [3.8, 4) is 22.5 Å². The molecule has 0 unspecified atom stereocenters. The number of rotatable bonds is 6. The number of fused-ring (bicyclic) bond motifs is 1. The minimum Gasteiger partial charge on any atom is -0.370 e. The van der Waals surface area contributed by atoms with Gasteiger partial charge in [-0.25, -0.2) is 9.97 Å². The first-order valence-corrected chi connectivity index (χ1v) is 10.3. The van der Waals surface area contributed by atoms with E-state index in [-0.39, 0.29) is 0 Å². The molecule has 0 radical (unpaired) electrons. The summed E-state index contributed by atoms with van der Waals surface area (Å²) >= 11 is 0. The number of aromatic amines is 1. The van der Waals surface area contributed by atoms with E-state index in [0.717, 1.165) is 57.9 Å². The van der Waals surface area contributed by atoms with Crippen LogP contribution < -0.4 is 5.32 Å². The van der Waals surface area contributed by atoms with E-state index in [2.05, 4.69) is 60.6 Å². The molecule has 0 fully saturated rings. The van der Waals surface area contributed by atoms with Crippen LogP contribution in [0.4, 0.5) is 5.82 Å². The van der Waals surface area contributed by atoms with Crippen LogP contribution in [0.2, 0.25) is 0 Å². The summed E-state index contributed by atoms with van der Waals surface area (Å²) in [5.41, 5.74) is 7.32. The van der Waals surface area contributed by atoms with Gasteiger partial charge in [-0.3, -0.25) is 9.97 Å². The molecule has 0 aliphatic carbocycles. The molecule has 152 valence electrons. The molecule has 4 heterocycles. The molecule has 31 heavy (non-hydrogen) atoms. The zero-order valence-corrected chi connectivity index (χ0v) is 17.2. The maximum absolute atomic E-state index is 4.66. The van der Waals surface area contributed by atoms with Crippen molar-refractivity contribution in [2.75, 3.05) is 11.9 Å². The number of hydrogen-bond acceptors (Lipinski definition) is 5. The van der Waals surface area contributed by atoms with Crippen LogP contribution in [0.1, 0.15) is 11.3 Å². The van der Waals surface area contributed by atoms with Gasteiger partial charge in [0.05, 0.1) is 11.2 Å². The Morgan fingerprint density at radius 1 is 0.935 bits per heavy atom. The van der Waals surface area contributed by atoms with E-state index in [1.54, 1.807) is 6.33 Å². The summed E-state index contributed by atoms with van der Waals surface area (Å²) in [5, 5.41) is 4.57. The van der Waals surface area contributed by atoms with E-state index in [4.69, 9.17) is 0 Å². The van der Waals surface area contributed by atoms with Crippen LogP contribution in [0.5, 0.6) is 0 Å². The molecule has 1 aromatic carbocycles. The van der Waals surface area contributed by atoms with Crippen LogP contribution in [-0.2, 0) is 6.42 Å². The zero-order valence-electron chi connectivity index (χ0n) is 17.2. The number of aryl methyl sites for hydroxylation is 1. The number of pyridine rings is 2. The van der Waals surface area contributed by atoms with Crippen molar-refractivity contribution < 1.29 is 0 Å². The highest BCUT2D eigenvalue weighted by molar-refractivity contribution is 5.95. The lowest BCUT2D eigenvalue weighted by Crippen LogP contribution is -2.07. The number of hydrogen-bond donors (Lipinski definition) is 2. The van der Waals surface area contributed by atoms with Crippen molar-refractivity contribution in [3.05, 3.63) is 90.8 Å². The highest BCUT2D eigenvalue weighted by Gasteiger charge is 2.09. The normalized spacial score (nSPS) is 11.0. The first-order valence-electron chi connectivity index (χ1n) is 10.3. The second-order valence-corrected chi connectivity index (χ2v) is 7.41. The third-order valence-corrected chi connectivity index (χ3v) is 5.32. The minimum absolute atomic E-state index is 0.746. The Kier molecular flexibility index (Phi) is 5.10. The van der Waals surface area contributed by atoms with Crippen LogP contribution in [0.25, 0.3) is 33.4 Å². The van der Waals surface area contributed by atoms with E-state index < -0.39 is 0 Å². The van der Waals surface area contributed by atoms with E-state index in [1.807, 2.05) is 49.8 Å². The Hall–Kier alpha value is -4.06. The van der Waals surface area contributed by atoms with Gasteiger partial charge in [-0.15, -0.1) is 0 Å². The number of benzene rings is 1. The second-order valence-electron chi connectivity index (χ2n) is 7.41. The molecule has 6 nitrogen and oxygen atoms in total. The third kappa shape index (κ3) is 4.00. The van der Waals surface area contributed by atoms with E-state index >= 15 is 0 Å². The van der Waals surface area contributed by atoms with Crippen molar-refractivity contribution in [1.82, 2.24) is 24.9 Å². The molecule has 4 aromatic heterocycles. The van der Waals surface area contributed by atoms with Gasteiger partial charge in [0.1, 0.15) is 12.1 Å². The summed E-state index contributed by atoms with van der Waals surface area (Å²) in [6.07, 6.45) is 8.08. The van der Waals surface area contributed by atoms with Gasteiger partial charge >= 0.3 is 0 Å². The van der Waals surface area contributed by atoms with Gasteiger partial charge < -0.3 is 10.3 Å². The smallest absolute Gasteiger partial charge is 0.129 e. The topological polar surface area (TPSA) is 79.4 Å². The fraction of sp³-hybridized carbons (Fsp3) is 0.120. The van der Waals surface area contributed by atoms with Gasteiger partial charge in [-0.1, -0.05) is 18.2 Å². The zero-order chi connectivity index (χ0) is 21.0. The van der Waals surface area contributed by atoms with Gasteiger partial charge in [-0.2, -0.15) is 0 Å². The summed E-state index contributed by atoms with van der Waals surface area (Å²) in [7, 11) is 0. The van der Waals surface area contributed by atoms with Gasteiger partial charge in [0.15, 0.2) is 0 Å². The molecule has 2 N–H and O–H groups in total. The lowest BCUT2D eigenvalue weighted by atomic mass is 10.0. The second kappa shape index (κ2) is 8.36. The number of anilines is 1. The predicted octanol–water partition coefficient (Wildman–Crippen LogP) is 5.04. The number of H-pyrrole nitrogens is 1. The highest BCUT2D eigenvalue weighted by atomic mass is 15.0. The van der Waals surface area contributed by atoms with Gasteiger partial charge in [0.2, 0.25) is 0 Å². The van der Waals surface area contributed by atoms with Crippen molar-refractivity contribution in [2.24, 2.45) is 0 Å². The Morgan fingerprint density at radius 3 is 2.74 bits per heavy atom. The summed E-state index contributed by atoms with van der Waals surface area (Å²) in [5.74, 6) is 0.797. The summed E-state index contributed by atoms with van der Waals surface area (Å²) in [6, 6.07) is 18.5. The predicted molar refractivity (Wildman–Crippen MR) is 124 cm³/mol. The Morgan fingerprint density at radius 2 is 1.90 bits per heavy atom. The average molecular weight is 406 g/mol. The lowest BCUT2D eigenvalue weighted by Gasteiger charge is -2.10. The minimum atomic E-state index is 0.746. The maximum atomic E-state index is 4.66. The SMILES string of the molecule is Cc1ccc(-c2cc(NCCc3cccc4c(-c5ccc[nH]5)ccnc34)ncn2)cn1. The number of aromatic nitrogens is 5. The van der Waals surface area contributed by atoms with Crippen molar-refractivity contribution in [3.63, 3.8) is 0 Å². The first kappa shape index (κ1) is 18.9. The van der Waals surface area contributed by atoms with E-state index in [1.165, 1.54) is 5.56 Å². The van der Waals surface area contributed by atoms with Gasteiger partial charge in [0.25, 0.3) is 0 Å². The average Bonchev–Trinajstić information content (AvgIpc) is 3.34. The molecule has 0 saturated heterocycles. The molecule has 0 aliphatic rings.